The van der Waals surface area contributed by atoms with Gasteiger partial charge in [-0.1, -0.05) is 6.07 Å². The first-order valence-corrected chi connectivity index (χ1v) is 11.7. The topological polar surface area (TPSA) is 106 Å². The molecule has 0 bridgehead atoms. The number of amides is 1. The number of carbonyl (C=O) groups excluding carboxylic acids is 1. The average molecular weight is 481 g/mol. The summed E-state index contributed by atoms with van der Waals surface area (Å²) in [5.41, 5.74) is 4.42. The zero-order chi connectivity index (χ0) is 24.5. The zero-order valence-corrected chi connectivity index (χ0v) is 20.1. The molecule has 5 rings (SSSR count). The molecular formula is C26H20N6O2S. The van der Waals surface area contributed by atoms with Gasteiger partial charge in [0.15, 0.2) is 5.65 Å². The van der Waals surface area contributed by atoms with Gasteiger partial charge in [0.25, 0.3) is 5.91 Å². The van der Waals surface area contributed by atoms with Crippen LogP contribution in [0.4, 0.5) is 5.69 Å². The van der Waals surface area contributed by atoms with E-state index in [9.17, 15) is 10.1 Å². The third-order valence-electron chi connectivity index (χ3n) is 5.54. The van der Waals surface area contributed by atoms with Gasteiger partial charge in [-0.2, -0.15) is 10.4 Å². The van der Waals surface area contributed by atoms with Crippen LogP contribution in [-0.2, 0) is 7.05 Å². The molecule has 0 atom stereocenters. The summed E-state index contributed by atoms with van der Waals surface area (Å²) in [7, 11) is 1.82. The van der Waals surface area contributed by atoms with Crippen molar-refractivity contribution in [2.45, 2.75) is 13.8 Å². The summed E-state index contributed by atoms with van der Waals surface area (Å²) in [6.45, 7) is 3.75. The summed E-state index contributed by atoms with van der Waals surface area (Å²) < 4.78 is 7.49. The number of anilines is 1. The number of hydrogen-bond donors (Lipinski definition) is 1. The van der Waals surface area contributed by atoms with Crippen molar-refractivity contribution in [3.8, 4) is 28.3 Å². The van der Waals surface area contributed by atoms with E-state index in [-0.39, 0.29) is 11.8 Å². The van der Waals surface area contributed by atoms with E-state index in [1.807, 2.05) is 44.5 Å². The SMILES string of the molecule is Cc1cc(Oc2ncccc2C#N)ccc1NC(=O)c1cc(-c2cccs2)nc2c1c(C)nn2C. The Labute approximate surface area is 205 Å². The molecule has 172 valence electrons. The third kappa shape index (κ3) is 4.23. The molecule has 0 aliphatic carbocycles. The summed E-state index contributed by atoms with van der Waals surface area (Å²) >= 11 is 1.57. The first-order valence-electron chi connectivity index (χ1n) is 10.8. The Morgan fingerprint density at radius 1 is 1.17 bits per heavy atom. The Kier molecular flexibility index (Phi) is 5.73. The summed E-state index contributed by atoms with van der Waals surface area (Å²) in [5, 5.41) is 19.5. The van der Waals surface area contributed by atoms with Gasteiger partial charge in [-0.05, 0) is 67.3 Å². The molecule has 0 fully saturated rings. The van der Waals surface area contributed by atoms with Crippen molar-refractivity contribution in [2.75, 3.05) is 5.32 Å². The lowest BCUT2D eigenvalue weighted by Gasteiger charge is -2.12. The lowest BCUT2D eigenvalue weighted by molar-refractivity contribution is 0.102. The molecule has 1 amide bonds. The molecule has 0 spiro atoms. The minimum atomic E-state index is -0.250. The van der Waals surface area contributed by atoms with Crippen LogP contribution >= 0.6 is 11.3 Å². The Morgan fingerprint density at radius 3 is 2.77 bits per heavy atom. The molecule has 8 nitrogen and oxygen atoms in total. The number of rotatable bonds is 5. The van der Waals surface area contributed by atoms with Gasteiger partial charge in [0, 0.05) is 18.9 Å². The normalized spacial score (nSPS) is 10.8. The second-order valence-corrected chi connectivity index (χ2v) is 8.89. The lowest BCUT2D eigenvalue weighted by Crippen LogP contribution is -2.14. The molecule has 0 aliphatic rings. The molecule has 0 aliphatic heterocycles. The first-order chi connectivity index (χ1) is 16.9. The standard InChI is InChI=1S/C26H20N6O2S/c1-15-12-18(34-26-17(14-27)6-4-10-28-26)8-9-20(15)30-25(33)19-13-21(22-7-5-11-35-22)29-24-23(19)16(2)31-32(24)3/h4-13H,1-3H3,(H,30,33). The van der Waals surface area contributed by atoms with Crippen LogP contribution < -0.4 is 10.1 Å². The van der Waals surface area contributed by atoms with Gasteiger partial charge in [-0.3, -0.25) is 9.48 Å². The highest BCUT2D eigenvalue weighted by Gasteiger charge is 2.20. The fraction of sp³-hybridized carbons (Fsp3) is 0.115. The Morgan fingerprint density at radius 2 is 2.03 bits per heavy atom. The summed E-state index contributed by atoms with van der Waals surface area (Å²) in [6.07, 6.45) is 1.57. The summed E-state index contributed by atoms with van der Waals surface area (Å²) in [4.78, 5) is 23.3. The highest BCUT2D eigenvalue weighted by atomic mass is 32.1. The largest absolute Gasteiger partial charge is 0.438 e. The monoisotopic (exact) mass is 480 g/mol. The molecule has 0 unspecified atom stereocenters. The van der Waals surface area contributed by atoms with E-state index in [0.29, 0.717) is 28.2 Å². The molecule has 0 saturated carbocycles. The number of nitrogens with one attached hydrogen (secondary N) is 1. The van der Waals surface area contributed by atoms with Crippen molar-refractivity contribution in [1.82, 2.24) is 19.7 Å². The maximum absolute atomic E-state index is 13.5. The second kappa shape index (κ2) is 9.00. The van der Waals surface area contributed by atoms with Crippen LogP contribution in [0.2, 0.25) is 0 Å². The van der Waals surface area contributed by atoms with Crippen LogP contribution in [0, 0.1) is 25.2 Å². The van der Waals surface area contributed by atoms with E-state index in [1.165, 1.54) is 0 Å². The molecule has 4 heterocycles. The zero-order valence-electron chi connectivity index (χ0n) is 19.2. The van der Waals surface area contributed by atoms with Crippen LogP contribution in [0.25, 0.3) is 21.6 Å². The van der Waals surface area contributed by atoms with Gasteiger partial charge in [-0.15, -0.1) is 11.3 Å². The lowest BCUT2D eigenvalue weighted by atomic mass is 10.1. The molecule has 1 aromatic carbocycles. The molecule has 5 aromatic rings. The number of ether oxygens (including phenoxy) is 1. The van der Waals surface area contributed by atoms with Gasteiger partial charge < -0.3 is 10.1 Å². The van der Waals surface area contributed by atoms with Crippen LogP contribution in [0.1, 0.15) is 27.2 Å². The van der Waals surface area contributed by atoms with Crippen molar-refractivity contribution in [3.05, 3.63) is 82.5 Å². The number of hydrogen-bond acceptors (Lipinski definition) is 7. The maximum atomic E-state index is 13.5. The number of aryl methyl sites for hydroxylation is 3. The number of nitriles is 1. The minimum Gasteiger partial charge on any atom is -0.438 e. The predicted molar refractivity (Wildman–Crippen MR) is 135 cm³/mol. The average Bonchev–Trinajstić information content (AvgIpc) is 3.49. The van der Waals surface area contributed by atoms with E-state index >= 15 is 0 Å². The van der Waals surface area contributed by atoms with Crippen molar-refractivity contribution in [2.24, 2.45) is 7.05 Å². The smallest absolute Gasteiger partial charge is 0.256 e. The van der Waals surface area contributed by atoms with E-state index in [2.05, 4.69) is 21.5 Å². The van der Waals surface area contributed by atoms with E-state index in [4.69, 9.17) is 9.72 Å². The van der Waals surface area contributed by atoms with Gasteiger partial charge in [0.1, 0.15) is 17.4 Å². The summed E-state index contributed by atoms with van der Waals surface area (Å²) in [5.74, 6) is 0.503. The second-order valence-electron chi connectivity index (χ2n) is 7.94. The van der Waals surface area contributed by atoms with E-state index in [1.54, 1.807) is 52.5 Å². The quantitative estimate of drug-likeness (QED) is 0.350. The molecule has 35 heavy (non-hydrogen) atoms. The summed E-state index contributed by atoms with van der Waals surface area (Å²) in [6, 6.07) is 16.4. The van der Waals surface area contributed by atoms with Crippen LogP contribution in [0.3, 0.4) is 0 Å². The molecule has 4 aromatic heterocycles. The fourth-order valence-corrected chi connectivity index (χ4v) is 4.56. The van der Waals surface area contributed by atoms with Crippen LogP contribution in [0.5, 0.6) is 11.6 Å². The Bertz CT molecular complexity index is 1620. The van der Waals surface area contributed by atoms with E-state index < -0.39 is 0 Å². The van der Waals surface area contributed by atoms with Gasteiger partial charge in [0.05, 0.1) is 27.2 Å². The number of fused-ring (bicyclic) bond motifs is 1. The predicted octanol–water partition coefficient (Wildman–Crippen LogP) is 5.62. The van der Waals surface area contributed by atoms with Crippen molar-refractivity contribution in [3.63, 3.8) is 0 Å². The first kappa shape index (κ1) is 22.3. The molecule has 9 heteroatoms. The fourth-order valence-electron chi connectivity index (χ4n) is 3.87. The number of carbonyl (C=O) groups is 1. The maximum Gasteiger partial charge on any atom is 0.256 e. The number of aromatic nitrogens is 4. The van der Waals surface area contributed by atoms with Gasteiger partial charge in [-0.25, -0.2) is 9.97 Å². The minimum absolute atomic E-state index is 0.235. The van der Waals surface area contributed by atoms with Crippen LogP contribution in [0.15, 0.2) is 60.1 Å². The van der Waals surface area contributed by atoms with E-state index in [0.717, 1.165) is 27.2 Å². The van der Waals surface area contributed by atoms with Crippen molar-refractivity contribution >= 4 is 34.0 Å². The molecule has 0 radical (unpaired) electrons. The van der Waals surface area contributed by atoms with Gasteiger partial charge >= 0.3 is 0 Å². The molecule has 0 saturated heterocycles. The van der Waals surface area contributed by atoms with Crippen molar-refractivity contribution < 1.29 is 9.53 Å². The van der Waals surface area contributed by atoms with Crippen LogP contribution in [-0.4, -0.2) is 25.7 Å². The third-order valence-corrected chi connectivity index (χ3v) is 6.43. The highest BCUT2D eigenvalue weighted by molar-refractivity contribution is 7.13. The number of nitrogens with zero attached hydrogens (tertiary/aromatic N) is 5. The van der Waals surface area contributed by atoms with Crippen molar-refractivity contribution in [1.29, 1.82) is 5.26 Å². The number of pyridine rings is 2. The molecule has 1 N–H and O–H groups in total. The number of benzene rings is 1. The highest BCUT2D eigenvalue weighted by Crippen LogP contribution is 2.31. The molecular weight excluding hydrogens is 460 g/mol. The Balaban J connectivity index is 1.47. The number of thiophene rings is 1. The van der Waals surface area contributed by atoms with Gasteiger partial charge in [0.2, 0.25) is 5.88 Å². The Hall–Kier alpha value is -4.55.